The van der Waals surface area contributed by atoms with Crippen molar-refractivity contribution in [2.75, 3.05) is 7.11 Å². The van der Waals surface area contributed by atoms with Crippen LogP contribution in [0.25, 0.3) is 11.0 Å². The van der Waals surface area contributed by atoms with E-state index >= 15 is 0 Å². The lowest BCUT2D eigenvalue weighted by atomic mass is 10.1. The molecule has 2 aromatic heterocycles. The predicted molar refractivity (Wildman–Crippen MR) is 95.1 cm³/mol. The topological polar surface area (TPSA) is 102 Å². The lowest BCUT2D eigenvalue weighted by Crippen LogP contribution is -2.28. The first-order valence-electron chi connectivity index (χ1n) is 7.97. The molecule has 1 amide bonds. The quantitative estimate of drug-likeness (QED) is 0.726. The van der Waals surface area contributed by atoms with Crippen LogP contribution in [0, 0.1) is 6.92 Å². The van der Waals surface area contributed by atoms with E-state index in [9.17, 15) is 14.7 Å². The van der Waals surface area contributed by atoms with Gasteiger partial charge in [-0.15, -0.1) is 0 Å². The van der Waals surface area contributed by atoms with E-state index in [0.29, 0.717) is 16.6 Å². The number of aromatic nitrogens is 1. The number of carbonyl (C=O) groups is 1. The number of methoxy groups -OCH3 is 1. The van der Waals surface area contributed by atoms with E-state index in [-0.39, 0.29) is 24.3 Å². The average molecular weight is 354 g/mol. The zero-order valence-electron chi connectivity index (χ0n) is 14.4. The minimum Gasteiger partial charge on any atom is -0.497 e. The maximum Gasteiger partial charge on any atom is 0.349 e. The van der Waals surface area contributed by atoms with Crippen LogP contribution in [-0.2, 0) is 13.2 Å². The third-order valence-electron chi connectivity index (χ3n) is 4.06. The molecule has 3 aromatic rings. The van der Waals surface area contributed by atoms with Gasteiger partial charge in [-0.2, -0.15) is 0 Å². The monoisotopic (exact) mass is 354 g/mol. The first-order valence-corrected chi connectivity index (χ1v) is 7.97. The van der Waals surface area contributed by atoms with Crippen LogP contribution in [-0.4, -0.2) is 23.1 Å². The van der Waals surface area contributed by atoms with Crippen LogP contribution < -0.4 is 15.7 Å². The zero-order valence-corrected chi connectivity index (χ0v) is 14.4. The summed E-state index contributed by atoms with van der Waals surface area (Å²) in [7, 11) is 1.58. The highest BCUT2D eigenvalue weighted by molar-refractivity contribution is 5.97. The standard InChI is InChI=1S/C19H18N2O5/c1-11-17-15(13(10-22)9-20-11)7-16(19(24)26-17)18(23)21-8-12-3-5-14(25-2)6-4-12/h3-7,9,22H,8,10H2,1-2H3,(H,21,23). The third kappa shape index (κ3) is 3.43. The van der Waals surface area contributed by atoms with Crippen molar-refractivity contribution < 1.29 is 19.1 Å². The lowest BCUT2D eigenvalue weighted by molar-refractivity contribution is 0.0947. The zero-order chi connectivity index (χ0) is 18.7. The molecule has 0 spiro atoms. The summed E-state index contributed by atoms with van der Waals surface area (Å²) in [6.45, 7) is 1.67. The van der Waals surface area contributed by atoms with Gasteiger partial charge in [-0.1, -0.05) is 12.1 Å². The molecule has 0 aliphatic rings. The van der Waals surface area contributed by atoms with E-state index in [0.717, 1.165) is 11.3 Å². The van der Waals surface area contributed by atoms with Gasteiger partial charge >= 0.3 is 5.63 Å². The number of hydrogen-bond acceptors (Lipinski definition) is 6. The number of aliphatic hydroxyl groups is 1. The Kier molecular flexibility index (Phi) is 4.99. The van der Waals surface area contributed by atoms with Gasteiger partial charge in [0.05, 0.1) is 19.4 Å². The molecule has 7 heteroatoms. The maximum atomic E-state index is 12.4. The van der Waals surface area contributed by atoms with Crippen molar-refractivity contribution in [2.24, 2.45) is 0 Å². The normalized spacial score (nSPS) is 10.7. The molecule has 0 aliphatic carbocycles. The molecule has 0 unspecified atom stereocenters. The van der Waals surface area contributed by atoms with Crippen LogP contribution >= 0.6 is 0 Å². The Labute approximate surface area is 149 Å². The number of nitrogens with zero attached hydrogens (tertiary/aromatic N) is 1. The highest BCUT2D eigenvalue weighted by Gasteiger charge is 2.16. The second kappa shape index (κ2) is 7.37. The molecule has 0 saturated carbocycles. The summed E-state index contributed by atoms with van der Waals surface area (Å²) in [6.07, 6.45) is 1.50. The van der Waals surface area contributed by atoms with Gasteiger partial charge in [-0.3, -0.25) is 9.78 Å². The lowest BCUT2D eigenvalue weighted by Gasteiger charge is -2.08. The van der Waals surface area contributed by atoms with Crippen LogP contribution in [0.3, 0.4) is 0 Å². The van der Waals surface area contributed by atoms with Crippen molar-refractivity contribution in [3.63, 3.8) is 0 Å². The number of aliphatic hydroxyl groups excluding tert-OH is 1. The van der Waals surface area contributed by atoms with Crippen LogP contribution in [0.15, 0.2) is 45.7 Å². The van der Waals surface area contributed by atoms with Crippen molar-refractivity contribution in [3.05, 3.63) is 69.3 Å². The summed E-state index contributed by atoms with van der Waals surface area (Å²) < 4.78 is 10.3. The second-order valence-corrected chi connectivity index (χ2v) is 5.75. The number of amides is 1. The van der Waals surface area contributed by atoms with Gasteiger partial charge in [-0.25, -0.2) is 4.79 Å². The molecule has 0 saturated heterocycles. The molecule has 2 heterocycles. The highest BCUT2D eigenvalue weighted by atomic mass is 16.5. The Bertz CT molecular complexity index is 1010. The van der Waals surface area contributed by atoms with E-state index in [1.165, 1.54) is 12.3 Å². The summed E-state index contributed by atoms with van der Waals surface area (Å²) in [5, 5.41) is 12.6. The van der Waals surface area contributed by atoms with Crippen molar-refractivity contribution in [3.8, 4) is 5.75 Å². The predicted octanol–water partition coefficient (Wildman–Crippen LogP) is 1.93. The van der Waals surface area contributed by atoms with Gasteiger partial charge in [0.15, 0.2) is 5.58 Å². The number of carbonyl (C=O) groups excluding carboxylic acids is 1. The number of hydrogen-bond donors (Lipinski definition) is 2. The van der Waals surface area contributed by atoms with Crippen LogP contribution in [0.2, 0.25) is 0 Å². The first kappa shape index (κ1) is 17.6. The largest absolute Gasteiger partial charge is 0.497 e. The van der Waals surface area contributed by atoms with E-state index in [4.69, 9.17) is 9.15 Å². The van der Waals surface area contributed by atoms with Crippen molar-refractivity contribution in [1.82, 2.24) is 10.3 Å². The molecule has 0 aliphatic heterocycles. The number of fused-ring (bicyclic) bond motifs is 1. The van der Waals surface area contributed by atoms with Crippen LogP contribution in [0.1, 0.15) is 27.2 Å². The van der Waals surface area contributed by atoms with E-state index in [1.54, 1.807) is 26.2 Å². The maximum absolute atomic E-state index is 12.4. The molecule has 26 heavy (non-hydrogen) atoms. The summed E-state index contributed by atoms with van der Waals surface area (Å²) >= 11 is 0. The van der Waals surface area contributed by atoms with E-state index in [1.807, 2.05) is 12.1 Å². The summed E-state index contributed by atoms with van der Waals surface area (Å²) in [6, 6.07) is 8.65. The van der Waals surface area contributed by atoms with Crippen molar-refractivity contribution >= 4 is 16.9 Å². The van der Waals surface area contributed by atoms with Crippen LogP contribution in [0.5, 0.6) is 5.75 Å². The minimum absolute atomic E-state index is 0.119. The summed E-state index contributed by atoms with van der Waals surface area (Å²) in [5.41, 5.74) is 1.27. The number of pyridine rings is 1. The van der Waals surface area contributed by atoms with E-state index in [2.05, 4.69) is 10.3 Å². The first-order chi connectivity index (χ1) is 12.5. The summed E-state index contributed by atoms with van der Waals surface area (Å²) in [5.74, 6) is 0.172. The Morgan fingerprint density at radius 2 is 2.04 bits per heavy atom. The third-order valence-corrected chi connectivity index (χ3v) is 4.06. The minimum atomic E-state index is -0.746. The molecule has 0 bridgehead atoms. The van der Waals surface area contributed by atoms with Gasteiger partial charge in [0.2, 0.25) is 0 Å². The smallest absolute Gasteiger partial charge is 0.349 e. The molecule has 3 rings (SSSR count). The molecule has 1 aromatic carbocycles. The molecule has 2 N–H and O–H groups in total. The second-order valence-electron chi connectivity index (χ2n) is 5.75. The fourth-order valence-corrected chi connectivity index (χ4v) is 2.59. The average Bonchev–Trinajstić information content (AvgIpc) is 2.67. The number of nitrogens with one attached hydrogen (secondary N) is 1. The molecule has 0 radical (unpaired) electrons. The molecular weight excluding hydrogens is 336 g/mol. The van der Waals surface area contributed by atoms with Crippen LogP contribution in [0.4, 0.5) is 0 Å². The number of aryl methyl sites for hydroxylation is 1. The van der Waals surface area contributed by atoms with Crippen molar-refractivity contribution in [1.29, 1.82) is 0 Å². The SMILES string of the molecule is COc1ccc(CNC(=O)c2cc3c(CO)cnc(C)c3oc2=O)cc1. The van der Waals surface area contributed by atoms with E-state index < -0.39 is 11.5 Å². The van der Waals surface area contributed by atoms with Gasteiger partial charge < -0.3 is 19.6 Å². The molecule has 134 valence electrons. The molecule has 7 nitrogen and oxygen atoms in total. The molecular formula is C19H18N2O5. The fraction of sp³-hybridized carbons (Fsp3) is 0.211. The molecule has 0 atom stereocenters. The van der Waals surface area contributed by atoms with Gasteiger partial charge in [0.1, 0.15) is 11.3 Å². The molecule has 0 fully saturated rings. The van der Waals surface area contributed by atoms with Gasteiger partial charge in [0, 0.05) is 23.7 Å². The van der Waals surface area contributed by atoms with Gasteiger partial charge in [0.25, 0.3) is 5.91 Å². The summed E-state index contributed by atoms with van der Waals surface area (Å²) in [4.78, 5) is 28.7. The Balaban J connectivity index is 1.87. The van der Waals surface area contributed by atoms with Crippen molar-refractivity contribution in [2.45, 2.75) is 20.1 Å². The highest BCUT2D eigenvalue weighted by Crippen LogP contribution is 2.20. The Morgan fingerprint density at radius 1 is 1.31 bits per heavy atom. The number of rotatable bonds is 5. The fourth-order valence-electron chi connectivity index (χ4n) is 2.59. The number of ether oxygens (including phenoxy) is 1. The van der Waals surface area contributed by atoms with Gasteiger partial charge in [-0.05, 0) is 30.7 Å². The Hall–Kier alpha value is -3.19. The Morgan fingerprint density at radius 3 is 2.69 bits per heavy atom. The number of benzene rings is 1.